The second-order valence-electron chi connectivity index (χ2n) is 4.10. The van der Waals surface area contributed by atoms with Crippen molar-refractivity contribution in [1.82, 2.24) is 4.47 Å². The summed E-state index contributed by atoms with van der Waals surface area (Å²) in [7, 11) is -3.82. The Balaban J connectivity index is 2.06. The molecule has 0 spiro atoms. The van der Waals surface area contributed by atoms with E-state index in [2.05, 4.69) is 0 Å². The molecule has 0 unspecified atom stereocenters. The quantitative estimate of drug-likeness (QED) is 0.853. The van der Waals surface area contributed by atoms with Crippen LogP contribution in [0.4, 0.5) is 0 Å². The predicted octanol–water partition coefficient (Wildman–Crippen LogP) is 2.31. The Bertz CT molecular complexity index is 612. The molecule has 4 nitrogen and oxygen atoms in total. The number of benzene rings is 2. The third kappa shape index (κ3) is 3.41. The summed E-state index contributed by atoms with van der Waals surface area (Å²) in [5.41, 5.74) is 0.977. The molecule has 0 aliphatic carbocycles. The third-order valence-electron chi connectivity index (χ3n) is 2.75. The van der Waals surface area contributed by atoms with Crippen molar-refractivity contribution in [3.8, 4) is 0 Å². The molecule has 0 fully saturated rings. The fourth-order valence-corrected chi connectivity index (χ4v) is 2.78. The van der Waals surface area contributed by atoms with Crippen molar-refractivity contribution in [2.24, 2.45) is 0 Å². The molecule has 0 atom stereocenters. The van der Waals surface area contributed by atoms with Crippen LogP contribution in [0.15, 0.2) is 65.6 Å². The van der Waals surface area contributed by atoms with Crippen molar-refractivity contribution in [3.05, 3.63) is 66.2 Å². The van der Waals surface area contributed by atoms with Gasteiger partial charge in [-0.15, -0.1) is 0 Å². The molecule has 0 bridgehead atoms. The molecule has 100 valence electrons. The van der Waals surface area contributed by atoms with Gasteiger partial charge in [-0.2, -0.15) is 0 Å². The minimum absolute atomic E-state index is 0.0290. The Morgan fingerprint density at radius 2 is 1.42 bits per heavy atom. The SMILES string of the molecule is O=S(=O)(c1ccccc1)N(O)CCc1ccccc1. The lowest BCUT2D eigenvalue weighted by Gasteiger charge is -2.15. The first-order valence-corrected chi connectivity index (χ1v) is 7.35. The molecule has 0 saturated heterocycles. The maximum Gasteiger partial charge on any atom is 0.264 e. The molecule has 0 saturated carbocycles. The van der Waals surface area contributed by atoms with E-state index < -0.39 is 10.0 Å². The van der Waals surface area contributed by atoms with Crippen LogP contribution in [0.3, 0.4) is 0 Å². The van der Waals surface area contributed by atoms with Crippen LogP contribution >= 0.6 is 0 Å². The van der Waals surface area contributed by atoms with Gasteiger partial charge in [-0.3, -0.25) is 5.21 Å². The summed E-state index contributed by atoms with van der Waals surface area (Å²) in [6.07, 6.45) is 0.462. The van der Waals surface area contributed by atoms with E-state index in [1.165, 1.54) is 12.1 Å². The summed E-state index contributed by atoms with van der Waals surface area (Å²) >= 11 is 0. The third-order valence-corrected chi connectivity index (χ3v) is 4.36. The van der Waals surface area contributed by atoms with Gasteiger partial charge in [-0.1, -0.05) is 53.0 Å². The second kappa shape index (κ2) is 5.97. The van der Waals surface area contributed by atoms with Gasteiger partial charge in [0, 0.05) is 6.54 Å². The summed E-state index contributed by atoms with van der Waals surface area (Å²) in [5, 5.41) is 9.74. The lowest BCUT2D eigenvalue weighted by atomic mass is 10.2. The fraction of sp³-hybridized carbons (Fsp3) is 0.143. The summed E-state index contributed by atoms with van der Waals surface area (Å²) in [4.78, 5) is 0.0885. The van der Waals surface area contributed by atoms with Crippen LogP contribution in [0.1, 0.15) is 5.56 Å². The van der Waals surface area contributed by atoms with E-state index in [4.69, 9.17) is 0 Å². The van der Waals surface area contributed by atoms with Crippen LogP contribution in [0.2, 0.25) is 0 Å². The molecule has 2 rings (SSSR count). The number of hydroxylamine groups is 1. The summed E-state index contributed by atoms with van der Waals surface area (Å²) in [6, 6.07) is 17.3. The predicted molar refractivity (Wildman–Crippen MR) is 72.3 cm³/mol. The number of nitrogens with zero attached hydrogens (tertiary/aromatic N) is 1. The van der Waals surface area contributed by atoms with Gasteiger partial charge in [-0.25, -0.2) is 8.42 Å². The molecule has 0 radical (unpaired) electrons. The molecule has 0 aromatic heterocycles. The standard InChI is InChI=1S/C14H15NO3S/c16-15(12-11-13-7-3-1-4-8-13)19(17,18)14-9-5-2-6-10-14/h1-10,16H,11-12H2. The molecular formula is C14H15NO3S. The van der Waals surface area contributed by atoms with Crippen molar-refractivity contribution in [2.45, 2.75) is 11.3 Å². The highest BCUT2D eigenvalue weighted by molar-refractivity contribution is 7.89. The van der Waals surface area contributed by atoms with Gasteiger partial charge in [0.15, 0.2) is 0 Å². The van der Waals surface area contributed by atoms with Crippen molar-refractivity contribution in [1.29, 1.82) is 0 Å². The zero-order valence-electron chi connectivity index (χ0n) is 10.3. The maximum absolute atomic E-state index is 12.0. The molecule has 2 aromatic carbocycles. The Morgan fingerprint density at radius 3 is 2.00 bits per heavy atom. The van der Waals surface area contributed by atoms with Gasteiger partial charge in [0.1, 0.15) is 0 Å². The van der Waals surface area contributed by atoms with E-state index in [1.807, 2.05) is 30.3 Å². The highest BCUT2D eigenvalue weighted by Crippen LogP contribution is 2.13. The van der Waals surface area contributed by atoms with Crippen LogP contribution in [-0.4, -0.2) is 24.6 Å². The van der Waals surface area contributed by atoms with Gasteiger partial charge >= 0.3 is 0 Å². The number of rotatable bonds is 5. The largest absolute Gasteiger partial charge is 0.299 e. The van der Waals surface area contributed by atoms with Crippen LogP contribution in [-0.2, 0) is 16.4 Å². The van der Waals surface area contributed by atoms with E-state index in [-0.39, 0.29) is 11.4 Å². The summed E-state index contributed by atoms with van der Waals surface area (Å²) < 4.78 is 24.5. The average molecular weight is 277 g/mol. The van der Waals surface area contributed by atoms with E-state index in [9.17, 15) is 13.6 Å². The molecular weight excluding hydrogens is 262 g/mol. The molecule has 0 aliphatic rings. The number of hydrogen-bond acceptors (Lipinski definition) is 3. The fourth-order valence-electron chi connectivity index (χ4n) is 1.70. The molecule has 0 heterocycles. The topological polar surface area (TPSA) is 57.6 Å². The van der Waals surface area contributed by atoms with Crippen LogP contribution in [0, 0.1) is 0 Å². The summed E-state index contributed by atoms with van der Waals surface area (Å²) in [6.45, 7) is 0.0290. The summed E-state index contributed by atoms with van der Waals surface area (Å²) in [5.74, 6) is 0. The zero-order chi connectivity index (χ0) is 13.7. The van der Waals surface area contributed by atoms with Gasteiger partial charge in [0.25, 0.3) is 10.0 Å². The van der Waals surface area contributed by atoms with E-state index in [0.717, 1.165) is 5.56 Å². The monoisotopic (exact) mass is 277 g/mol. The van der Waals surface area contributed by atoms with Crippen molar-refractivity contribution < 1.29 is 13.6 Å². The Hall–Kier alpha value is -1.69. The molecule has 5 heteroatoms. The number of sulfonamides is 1. The molecule has 2 aromatic rings. The Kier molecular flexibility index (Phi) is 4.31. The Morgan fingerprint density at radius 1 is 0.895 bits per heavy atom. The first kappa shape index (κ1) is 13.7. The normalized spacial score (nSPS) is 11.7. The number of hydrogen-bond donors (Lipinski definition) is 1. The van der Waals surface area contributed by atoms with Crippen LogP contribution in [0.25, 0.3) is 0 Å². The zero-order valence-corrected chi connectivity index (χ0v) is 11.1. The lowest BCUT2D eigenvalue weighted by Crippen LogP contribution is -2.29. The van der Waals surface area contributed by atoms with Crippen LogP contribution in [0.5, 0.6) is 0 Å². The van der Waals surface area contributed by atoms with E-state index >= 15 is 0 Å². The van der Waals surface area contributed by atoms with Crippen LogP contribution < -0.4 is 0 Å². The highest BCUT2D eigenvalue weighted by Gasteiger charge is 2.21. The van der Waals surface area contributed by atoms with Crippen molar-refractivity contribution >= 4 is 10.0 Å². The van der Waals surface area contributed by atoms with Crippen molar-refractivity contribution in [3.63, 3.8) is 0 Å². The highest BCUT2D eigenvalue weighted by atomic mass is 32.2. The van der Waals surface area contributed by atoms with E-state index in [1.54, 1.807) is 18.2 Å². The average Bonchev–Trinajstić information content (AvgIpc) is 2.46. The van der Waals surface area contributed by atoms with Crippen molar-refractivity contribution in [2.75, 3.05) is 6.54 Å². The van der Waals surface area contributed by atoms with Gasteiger partial charge in [-0.05, 0) is 24.1 Å². The first-order chi connectivity index (χ1) is 9.10. The molecule has 0 amide bonds. The van der Waals surface area contributed by atoms with E-state index in [0.29, 0.717) is 10.9 Å². The Labute approximate surface area is 112 Å². The van der Waals surface area contributed by atoms with Gasteiger partial charge < -0.3 is 0 Å². The second-order valence-corrected chi connectivity index (χ2v) is 5.94. The minimum atomic E-state index is -3.82. The molecule has 19 heavy (non-hydrogen) atoms. The minimum Gasteiger partial charge on any atom is -0.299 e. The van der Waals surface area contributed by atoms with Gasteiger partial charge in [0.05, 0.1) is 4.90 Å². The lowest BCUT2D eigenvalue weighted by molar-refractivity contribution is 0.00440. The van der Waals surface area contributed by atoms with Gasteiger partial charge in [0.2, 0.25) is 0 Å². The first-order valence-electron chi connectivity index (χ1n) is 5.91. The molecule has 0 aliphatic heterocycles. The smallest absolute Gasteiger partial charge is 0.264 e. The maximum atomic E-state index is 12.0. The molecule has 1 N–H and O–H groups in total.